The third-order valence-electron chi connectivity index (χ3n) is 4.14. The van der Waals surface area contributed by atoms with Crippen LogP contribution in [0, 0.1) is 0 Å². The highest BCUT2D eigenvalue weighted by atomic mass is 79.9. The molecular weight excluding hydrogens is 452 g/mol. The number of nitrogens with zero attached hydrogens (tertiary/aromatic N) is 2. The molecule has 0 atom stereocenters. The molecule has 0 spiro atoms. The second-order valence-electron chi connectivity index (χ2n) is 5.81. The highest BCUT2D eigenvalue weighted by Crippen LogP contribution is 2.37. The van der Waals surface area contributed by atoms with Crippen LogP contribution in [0.15, 0.2) is 94.1 Å². The first-order valence-electron chi connectivity index (χ1n) is 8.14. The first-order chi connectivity index (χ1) is 12.7. The first-order valence-corrected chi connectivity index (χ1v) is 9.73. The Morgan fingerprint density at radius 3 is 1.27 bits per heavy atom. The van der Waals surface area contributed by atoms with Crippen LogP contribution in [-0.4, -0.2) is 9.97 Å². The van der Waals surface area contributed by atoms with Gasteiger partial charge in [0, 0.05) is 32.5 Å². The summed E-state index contributed by atoms with van der Waals surface area (Å²) < 4.78 is 2.03. The van der Waals surface area contributed by atoms with Crippen molar-refractivity contribution in [2.45, 2.75) is 0 Å². The second kappa shape index (κ2) is 7.52. The maximum atomic E-state index is 4.56. The molecule has 0 aliphatic rings. The van der Waals surface area contributed by atoms with Crippen LogP contribution in [0.4, 0.5) is 0 Å². The SMILES string of the molecule is Brc1ccnc(-c2ccccc2-c2ccccc2-c2cc(Br)ccn2)c1. The topological polar surface area (TPSA) is 25.8 Å². The molecule has 2 nitrogen and oxygen atoms in total. The van der Waals surface area contributed by atoms with Crippen LogP contribution < -0.4 is 0 Å². The Morgan fingerprint density at radius 1 is 0.500 bits per heavy atom. The maximum absolute atomic E-state index is 4.56. The van der Waals surface area contributed by atoms with E-state index in [1.807, 2.05) is 48.8 Å². The van der Waals surface area contributed by atoms with E-state index in [2.05, 4.69) is 78.2 Å². The molecule has 0 amide bonds. The van der Waals surface area contributed by atoms with Gasteiger partial charge in [0.25, 0.3) is 0 Å². The fraction of sp³-hybridized carbons (Fsp3) is 0. The van der Waals surface area contributed by atoms with Crippen molar-refractivity contribution in [2.75, 3.05) is 0 Å². The predicted octanol–water partition coefficient (Wildman–Crippen LogP) is 7.00. The lowest BCUT2D eigenvalue weighted by atomic mass is 9.92. The van der Waals surface area contributed by atoms with Crippen LogP contribution in [0.3, 0.4) is 0 Å². The summed E-state index contributed by atoms with van der Waals surface area (Å²) in [5.74, 6) is 0. The summed E-state index contributed by atoms with van der Waals surface area (Å²) in [4.78, 5) is 9.12. The van der Waals surface area contributed by atoms with Gasteiger partial charge in [-0.05, 0) is 35.4 Å². The fourth-order valence-corrected chi connectivity index (χ4v) is 3.66. The van der Waals surface area contributed by atoms with Crippen LogP contribution in [0.5, 0.6) is 0 Å². The Morgan fingerprint density at radius 2 is 0.885 bits per heavy atom. The zero-order valence-electron chi connectivity index (χ0n) is 13.7. The number of halogens is 2. The van der Waals surface area contributed by atoms with E-state index in [4.69, 9.17) is 0 Å². The molecule has 0 saturated heterocycles. The van der Waals surface area contributed by atoms with Crippen molar-refractivity contribution in [3.05, 3.63) is 94.1 Å². The van der Waals surface area contributed by atoms with Crippen molar-refractivity contribution in [1.82, 2.24) is 9.97 Å². The summed E-state index contributed by atoms with van der Waals surface area (Å²) >= 11 is 7.09. The zero-order valence-corrected chi connectivity index (χ0v) is 16.9. The van der Waals surface area contributed by atoms with E-state index in [0.29, 0.717) is 0 Å². The van der Waals surface area contributed by atoms with Crippen LogP contribution in [0.1, 0.15) is 0 Å². The number of aromatic nitrogens is 2. The molecule has 2 aromatic heterocycles. The van der Waals surface area contributed by atoms with E-state index in [9.17, 15) is 0 Å². The zero-order chi connectivity index (χ0) is 17.9. The van der Waals surface area contributed by atoms with Gasteiger partial charge in [-0.1, -0.05) is 80.4 Å². The minimum atomic E-state index is 0.937. The molecule has 0 fully saturated rings. The van der Waals surface area contributed by atoms with Gasteiger partial charge >= 0.3 is 0 Å². The Hall–Kier alpha value is -2.30. The standard InChI is InChI=1S/C22H14Br2N2/c23-15-9-11-25-21(13-15)19-7-3-1-5-17(19)18-6-2-4-8-20(18)22-14-16(24)10-12-26-22/h1-14H. The predicted molar refractivity (Wildman–Crippen MR) is 114 cm³/mol. The Labute approximate surface area is 169 Å². The molecule has 26 heavy (non-hydrogen) atoms. The van der Waals surface area contributed by atoms with E-state index in [-0.39, 0.29) is 0 Å². The molecule has 126 valence electrons. The molecular formula is C22H14Br2N2. The lowest BCUT2D eigenvalue weighted by Gasteiger charge is -2.14. The molecule has 2 heterocycles. The smallest absolute Gasteiger partial charge is 0.0719 e. The summed E-state index contributed by atoms with van der Waals surface area (Å²) in [7, 11) is 0. The van der Waals surface area contributed by atoms with E-state index in [1.54, 1.807) is 0 Å². The fourth-order valence-electron chi connectivity index (χ4n) is 2.99. The normalized spacial score (nSPS) is 10.7. The number of hydrogen-bond acceptors (Lipinski definition) is 2. The van der Waals surface area contributed by atoms with Crippen LogP contribution in [-0.2, 0) is 0 Å². The molecule has 0 radical (unpaired) electrons. The molecule has 0 aliphatic carbocycles. The largest absolute Gasteiger partial charge is 0.256 e. The highest BCUT2D eigenvalue weighted by Gasteiger charge is 2.13. The average Bonchev–Trinajstić information content (AvgIpc) is 2.68. The highest BCUT2D eigenvalue weighted by molar-refractivity contribution is 9.10. The van der Waals surface area contributed by atoms with Gasteiger partial charge in [-0.25, -0.2) is 0 Å². The van der Waals surface area contributed by atoms with E-state index in [1.165, 1.54) is 0 Å². The summed E-state index contributed by atoms with van der Waals surface area (Å²) in [5.41, 5.74) is 6.33. The van der Waals surface area contributed by atoms with Crippen molar-refractivity contribution >= 4 is 31.9 Å². The molecule has 4 aromatic rings. The number of rotatable bonds is 3. The Kier molecular flexibility index (Phi) is 4.96. The molecule has 2 aromatic carbocycles. The number of benzene rings is 2. The van der Waals surface area contributed by atoms with Crippen molar-refractivity contribution in [1.29, 1.82) is 0 Å². The van der Waals surface area contributed by atoms with E-state index >= 15 is 0 Å². The van der Waals surface area contributed by atoms with Gasteiger partial charge in [0.15, 0.2) is 0 Å². The van der Waals surface area contributed by atoms with Gasteiger partial charge in [-0.3, -0.25) is 9.97 Å². The summed E-state index contributed by atoms with van der Waals surface area (Å²) in [6.07, 6.45) is 3.63. The molecule has 0 N–H and O–H groups in total. The average molecular weight is 466 g/mol. The van der Waals surface area contributed by atoms with Crippen LogP contribution >= 0.6 is 31.9 Å². The maximum Gasteiger partial charge on any atom is 0.0719 e. The lowest BCUT2D eigenvalue weighted by Crippen LogP contribution is -1.91. The van der Waals surface area contributed by atoms with Gasteiger partial charge in [-0.2, -0.15) is 0 Å². The van der Waals surface area contributed by atoms with E-state index in [0.717, 1.165) is 42.6 Å². The number of pyridine rings is 2. The third-order valence-corrected chi connectivity index (χ3v) is 5.13. The van der Waals surface area contributed by atoms with Crippen LogP contribution in [0.25, 0.3) is 33.6 Å². The van der Waals surface area contributed by atoms with Crippen LogP contribution in [0.2, 0.25) is 0 Å². The molecule has 0 bridgehead atoms. The van der Waals surface area contributed by atoms with E-state index < -0.39 is 0 Å². The summed E-state index contributed by atoms with van der Waals surface area (Å²) in [6, 6.07) is 24.6. The van der Waals surface area contributed by atoms with Crippen molar-refractivity contribution in [3.8, 4) is 33.6 Å². The number of hydrogen-bond donors (Lipinski definition) is 0. The monoisotopic (exact) mass is 464 g/mol. The molecule has 0 unspecified atom stereocenters. The summed E-state index contributed by atoms with van der Waals surface area (Å²) in [6.45, 7) is 0. The van der Waals surface area contributed by atoms with Gasteiger partial charge < -0.3 is 0 Å². The Bertz CT molecular complexity index is 990. The molecule has 4 rings (SSSR count). The molecule has 0 aliphatic heterocycles. The molecule has 4 heteroatoms. The van der Waals surface area contributed by atoms with Gasteiger partial charge in [0.1, 0.15) is 0 Å². The van der Waals surface area contributed by atoms with Crippen molar-refractivity contribution < 1.29 is 0 Å². The third kappa shape index (κ3) is 3.48. The van der Waals surface area contributed by atoms with Crippen molar-refractivity contribution in [2.24, 2.45) is 0 Å². The lowest BCUT2D eigenvalue weighted by molar-refractivity contribution is 1.31. The van der Waals surface area contributed by atoms with Gasteiger partial charge in [0.05, 0.1) is 11.4 Å². The minimum absolute atomic E-state index is 0.937. The Balaban J connectivity index is 1.93. The first kappa shape index (κ1) is 17.1. The second-order valence-corrected chi connectivity index (χ2v) is 7.64. The van der Waals surface area contributed by atoms with Gasteiger partial charge in [0.2, 0.25) is 0 Å². The molecule has 0 saturated carbocycles. The van der Waals surface area contributed by atoms with Gasteiger partial charge in [-0.15, -0.1) is 0 Å². The summed E-state index contributed by atoms with van der Waals surface area (Å²) in [5, 5.41) is 0. The minimum Gasteiger partial charge on any atom is -0.256 e. The quantitative estimate of drug-likeness (QED) is 0.325. The van der Waals surface area contributed by atoms with Crippen molar-refractivity contribution in [3.63, 3.8) is 0 Å².